The van der Waals surface area contributed by atoms with Crippen molar-refractivity contribution in [1.82, 2.24) is 14.5 Å². The number of ether oxygens (including phenoxy) is 2. The maximum Gasteiger partial charge on any atom is 0.380 e. The predicted octanol–water partition coefficient (Wildman–Crippen LogP) is 2.65. The van der Waals surface area contributed by atoms with Gasteiger partial charge in [0.1, 0.15) is 24.0 Å². The van der Waals surface area contributed by atoms with Crippen molar-refractivity contribution < 1.29 is 37.4 Å². The van der Waals surface area contributed by atoms with E-state index >= 15 is 4.39 Å². The van der Waals surface area contributed by atoms with Gasteiger partial charge in [-0.15, -0.1) is 0 Å². The summed E-state index contributed by atoms with van der Waals surface area (Å²) in [5, 5.41) is 15.4. The molecule has 0 bridgehead atoms. The number of fused-ring (bicyclic) bond motifs is 1. The van der Waals surface area contributed by atoms with Crippen molar-refractivity contribution >= 4 is 24.3 Å². The fourth-order valence-electron chi connectivity index (χ4n) is 4.34. The summed E-state index contributed by atoms with van der Waals surface area (Å²) >= 11 is 0. The van der Waals surface area contributed by atoms with Crippen LogP contribution in [0.4, 0.5) is 4.39 Å². The number of aromatic amines is 1. The molecule has 2 aromatic carbocycles. The van der Waals surface area contributed by atoms with E-state index in [0.29, 0.717) is 5.39 Å². The second kappa shape index (κ2) is 12.2. The van der Waals surface area contributed by atoms with Crippen LogP contribution in [-0.2, 0) is 23.4 Å². The van der Waals surface area contributed by atoms with Crippen molar-refractivity contribution in [3.05, 3.63) is 75.6 Å². The van der Waals surface area contributed by atoms with Gasteiger partial charge in [0.25, 0.3) is 5.56 Å². The second-order valence-corrected chi connectivity index (χ2v) is 11.3. The molecule has 1 aliphatic heterocycles. The van der Waals surface area contributed by atoms with Crippen LogP contribution in [0.5, 0.6) is 5.75 Å². The number of aliphatic hydroxyl groups excluding tert-OH is 1. The summed E-state index contributed by atoms with van der Waals surface area (Å²) < 4.78 is 52.6. The first-order valence-electron chi connectivity index (χ1n) is 12.5. The van der Waals surface area contributed by atoms with E-state index in [9.17, 15) is 24.1 Å². The summed E-state index contributed by atoms with van der Waals surface area (Å²) in [5.41, 5.74) is 2.91. The Bertz CT molecular complexity index is 1640. The molecule has 1 aromatic heterocycles. The molecule has 3 N–H and O–H groups in total. The van der Waals surface area contributed by atoms with E-state index in [4.69, 9.17) is 24.1 Å². The van der Waals surface area contributed by atoms with Gasteiger partial charge in [-0.1, -0.05) is 43.3 Å². The maximum absolute atomic E-state index is 15.6. The highest BCUT2D eigenvalue weighted by atomic mass is 31.2. The molecule has 6 atom stereocenters. The number of hydrogen-bond donors (Lipinski definition) is 3. The third kappa shape index (κ3) is 6.34. The maximum atomic E-state index is 15.6. The number of rotatable bonds is 11. The van der Waals surface area contributed by atoms with Crippen LogP contribution < -0.4 is 20.7 Å². The Labute approximate surface area is 231 Å². The average Bonchev–Trinajstić information content (AvgIpc) is 3.18. The van der Waals surface area contributed by atoms with E-state index in [1.54, 1.807) is 49.4 Å². The Morgan fingerprint density at radius 1 is 1.29 bits per heavy atom. The van der Waals surface area contributed by atoms with Gasteiger partial charge < -0.3 is 19.1 Å². The van der Waals surface area contributed by atoms with Crippen LogP contribution in [0.25, 0.3) is 10.8 Å². The first kappa shape index (κ1) is 30.0. The van der Waals surface area contributed by atoms with Gasteiger partial charge >= 0.3 is 25.0 Å². The molecule has 1 aliphatic rings. The normalized spacial score (nSPS) is 24.2. The number of aromatic nitrogens is 2. The van der Waals surface area contributed by atoms with Gasteiger partial charge in [-0.3, -0.25) is 23.7 Å². The van der Waals surface area contributed by atoms with Gasteiger partial charge in [0.15, 0.2) is 17.5 Å². The van der Waals surface area contributed by atoms with Gasteiger partial charge in [-0.25, -0.2) is 13.8 Å². The van der Waals surface area contributed by atoms with E-state index in [1.165, 1.54) is 6.92 Å². The van der Waals surface area contributed by atoms with Gasteiger partial charge in [-0.2, -0.15) is 0 Å². The van der Waals surface area contributed by atoms with Crippen molar-refractivity contribution in [3.8, 4) is 5.75 Å². The lowest BCUT2D eigenvalue weighted by molar-refractivity contribution is -0.146. The van der Waals surface area contributed by atoms with Gasteiger partial charge in [0.2, 0.25) is 4.91 Å². The SMILES string of the molecule is CCOC(=O)[C@H](C)CP(=O)(OC[C@@]1(N=[N+]=N)O[C@@H](n2ccc(=O)[nH]c2=O)[C@H](O)[C@@H]1F)Oc1cccc2ccccc12. The second-order valence-electron chi connectivity index (χ2n) is 9.25. The summed E-state index contributed by atoms with van der Waals surface area (Å²) in [7, 11) is -4.36. The molecule has 1 saturated heterocycles. The molecule has 14 nitrogen and oxygen atoms in total. The number of alkyl halides is 1. The van der Waals surface area contributed by atoms with Crippen molar-refractivity contribution in [2.75, 3.05) is 19.4 Å². The lowest BCUT2D eigenvalue weighted by atomic mass is 10.1. The molecule has 1 fully saturated rings. The van der Waals surface area contributed by atoms with Crippen LogP contribution >= 0.6 is 7.60 Å². The smallest absolute Gasteiger partial charge is 0.380 e. The third-order valence-electron chi connectivity index (χ3n) is 6.33. The lowest BCUT2D eigenvalue weighted by Gasteiger charge is -2.26. The zero-order chi connectivity index (χ0) is 29.8. The number of hydrogen-bond acceptors (Lipinski definition) is 11. The predicted molar refractivity (Wildman–Crippen MR) is 141 cm³/mol. The molecule has 41 heavy (non-hydrogen) atoms. The lowest BCUT2D eigenvalue weighted by Crippen LogP contribution is -2.43. The largest absolute Gasteiger partial charge is 0.466 e. The fourth-order valence-corrected chi connectivity index (χ4v) is 6.23. The van der Waals surface area contributed by atoms with Crippen LogP contribution in [0.2, 0.25) is 0 Å². The Balaban J connectivity index is 1.68. The topological polar surface area (TPSA) is 196 Å². The van der Waals surface area contributed by atoms with Crippen LogP contribution in [0.15, 0.2) is 69.4 Å². The van der Waals surface area contributed by atoms with Crippen LogP contribution in [0.3, 0.4) is 0 Å². The van der Waals surface area contributed by atoms with Crippen molar-refractivity contribution in [2.24, 2.45) is 11.0 Å². The molecule has 0 amide bonds. The summed E-state index contributed by atoms with van der Waals surface area (Å²) in [5.74, 6) is -1.50. The summed E-state index contributed by atoms with van der Waals surface area (Å²) in [6.07, 6.45) is -5.71. The van der Waals surface area contributed by atoms with E-state index in [-0.39, 0.29) is 12.4 Å². The molecule has 0 spiro atoms. The number of carbonyl (C=O) groups is 1. The van der Waals surface area contributed by atoms with Crippen LogP contribution in [0, 0.1) is 11.4 Å². The standard InChI is InChI=1S/C25H27FN5O9P/c1-3-37-23(34)15(2)13-41(36,40-18-10-6-8-16-7-4-5-9-17(16)18)38-14-25(29-30-27)21(26)20(33)22(39-25)31-12-11-19(32)28-24(31)35/h4-12,15,20-22,27,33H,3,13-14H2,1-2H3/p+1/t15-,20-,21+,22-,25-,41?/m1/s1. The summed E-state index contributed by atoms with van der Waals surface area (Å²) in [6, 6.07) is 13.0. The summed E-state index contributed by atoms with van der Waals surface area (Å²) in [4.78, 5) is 40.9. The Morgan fingerprint density at radius 3 is 2.73 bits per heavy atom. The zero-order valence-corrected chi connectivity index (χ0v) is 22.9. The fraction of sp³-hybridized carbons (Fsp3) is 0.400. The minimum Gasteiger partial charge on any atom is -0.466 e. The Hall–Kier alpha value is -4.00. The monoisotopic (exact) mass is 592 g/mol. The number of nitrogens with one attached hydrogen (secondary N) is 2. The average molecular weight is 592 g/mol. The molecule has 3 aromatic rings. The molecule has 218 valence electrons. The molecule has 0 aliphatic carbocycles. The molecular formula is C25H28FN5O9P+. The summed E-state index contributed by atoms with van der Waals surface area (Å²) in [6.45, 7) is 2.13. The molecule has 0 saturated carbocycles. The van der Waals surface area contributed by atoms with Gasteiger partial charge in [-0.05, 0) is 18.4 Å². The van der Waals surface area contributed by atoms with E-state index in [0.717, 1.165) is 22.2 Å². The number of carbonyl (C=O) groups excluding carboxylic acids is 1. The highest BCUT2D eigenvalue weighted by Gasteiger charge is 2.62. The highest BCUT2D eigenvalue weighted by Crippen LogP contribution is 2.53. The van der Waals surface area contributed by atoms with E-state index < -0.39 is 67.7 Å². The quantitative estimate of drug-likeness (QED) is 0.130. The molecule has 1 unspecified atom stereocenters. The molecule has 2 heterocycles. The molecule has 0 radical (unpaired) electrons. The number of H-pyrrole nitrogens is 1. The van der Waals surface area contributed by atoms with E-state index in [1.807, 2.05) is 4.98 Å². The third-order valence-corrected chi connectivity index (χ3v) is 8.33. The van der Waals surface area contributed by atoms with Crippen LogP contribution in [-0.4, -0.2) is 58.0 Å². The van der Waals surface area contributed by atoms with Crippen molar-refractivity contribution in [1.29, 1.82) is 5.53 Å². The highest BCUT2D eigenvalue weighted by molar-refractivity contribution is 7.54. The number of aliphatic hydroxyl groups is 1. The van der Waals surface area contributed by atoms with Crippen molar-refractivity contribution in [2.45, 2.75) is 38.1 Å². The Kier molecular flexibility index (Phi) is 8.95. The number of esters is 1. The number of benzene rings is 2. The van der Waals surface area contributed by atoms with E-state index in [2.05, 4.69) is 10.0 Å². The van der Waals surface area contributed by atoms with Gasteiger partial charge in [0, 0.05) is 17.6 Å². The van der Waals surface area contributed by atoms with Crippen molar-refractivity contribution in [3.63, 3.8) is 0 Å². The molecule has 16 heteroatoms. The first-order valence-corrected chi connectivity index (χ1v) is 14.2. The minimum atomic E-state index is -4.36. The Morgan fingerprint density at radius 2 is 2.02 bits per heavy atom. The van der Waals surface area contributed by atoms with Crippen LogP contribution in [0.1, 0.15) is 20.1 Å². The van der Waals surface area contributed by atoms with Gasteiger partial charge in [0.05, 0.1) is 18.7 Å². The first-order chi connectivity index (χ1) is 19.5. The number of nitrogens with zero attached hydrogens (tertiary/aromatic N) is 3. The minimum absolute atomic E-state index is 0.0757. The zero-order valence-electron chi connectivity index (χ0n) is 22.0. The number of halogens is 1. The molecular weight excluding hydrogens is 564 g/mol. The molecule has 4 rings (SSSR count).